The molecule has 0 aliphatic carbocycles. The molecule has 18 heavy (non-hydrogen) atoms. The predicted molar refractivity (Wildman–Crippen MR) is 72.1 cm³/mol. The van der Waals surface area contributed by atoms with Crippen molar-refractivity contribution >= 4 is 30.0 Å². The van der Waals surface area contributed by atoms with Crippen molar-refractivity contribution in [2.45, 2.75) is 0 Å². The first-order chi connectivity index (χ1) is 8.51. The maximum Gasteiger partial charge on any atom is 0.250 e. The van der Waals surface area contributed by atoms with Crippen LogP contribution in [0.3, 0.4) is 0 Å². The van der Waals surface area contributed by atoms with Crippen LogP contribution in [0.15, 0.2) is 47.6 Å². The van der Waals surface area contributed by atoms with Gasteiger partial charge in [-0.15, -0.1) is 0 Å². The molecule has 0 heterocycles. The highest BCUT2D eigenvalue weighted by Gasteiger charge is 2.14. The third-order valence-corrected chi connectivity index (χ3v) is 2.49. The van der Waals surface area contributed by atoms with Crippen molar-refractivity contribution in [1.29, 1.82) is 0 Å². The van der Waals surface area contributed by atoms with E-state index in [4.69, 9.17) is 17.3 Å². The van der Waals surface area contributed by atoms with Crippen molar-refractivity contribution in [2.75, 3.05) is 0 Å². The van der Waals surface area contributed by atoms with E-state index in [-0.39, 0.29) is 22.1 Å². The number of amides is 1. The smallest absolute Gasteiger partial charge is 0.250 e. The molecule has 0 aromatic heterocycles. The minimum Gasteiger partial charge on any atom is -0.366 e. The standard InChI is InChI=1S/C13H11ClN2O2/c1-3-4-11(16-2)12(17)8-5-6-9(13(15)18)10(14)7-8/h3-7H,1-2H2,(H2,15,18)/b11-4-. The van der Waals surface area contributed by atoms with E-state index in [9.17, 15) is 9.59 Å². The molecule has 92 valence electrons. The largest absolute Gasteiger partial charge is 0.366 e. The molecular weight excluding hydrogens is 252 g/mol. The van der Waals surface area contributed by atoms with Gasteiger partial charge in [0.15, 0.2) is 0 Å². The number of hydrogen-bond donors (Lipinski definition) is 1. The SMILES string of the molecule is C=C/C=C(\N=C)C(=O)c1ccc(C(N)=O)c(Cl)c1. The Labute approximate surface area is 109 Å². The quantitative estimate of drug-likeness (QED) is 0.383. The number of aliphatic imine (C=N–C) groups is 1. The molecule has 4 nitrogen and oxygen atoms in total. The van der Waals surface area contributed by atoms with E-state index < -0.39 is 5.91 Å². The maximum atomic E-state index is 12.0. The van der Waals surface area contributed by atoms with Gasteiger partial charge in [-0.3, -0.25) is 14.6 Å². The van der Waals surface area contributed by atoms with Crippen LogP contribution in [0, 0.1) is 0 Å². The summed E-state index contributed by atoms with van der Waals surface area (Å²) in [5.74, 6) is -1.01. The Morgan fingerprint density at radius 2 is 2.06 bits per heavy atom. The number of Topliss-reactive ketones (excluding diaryl/α,β-unsaturated/α-hetero) is 1. The second-order valence-corrected chi connectivity index (χ2v) is 3.74. The normalized spacial score (nSPS) is 10.8. The second kappa shape index (κ2) is 5.93. The zero-order chi connectivity index (χ0) is 13.7. The molecule has 1 aromatic carbocycles. The Balaban J connectivity index is 3.20. The van der Waals surface area contributed by atoms with Crippen molar-refractivity contribution < 1.29 is 9.59 Å². The lowest BCUT2D eigenvalue weighted by Gasteiger charge is -2.04. The Kier molecular flexibility index (Phi) is 4.57. The fraction of sp³-hybridized carbons (Fsp3) is 0. The zero-order valence-electron chi connectivity index (χ0n) is 9.52. The van der Waals surface area contributed by atoms with Gasteiger partial charge >= 0.3 is 0 Å². The van der Waals surface area contributed by atoms with Gasteiger partial charge in [-0.25, -0.2) is 0 Å². The average Bonchev–Trinajstić information content (AvgIpc) is 2.34. The number of hydrogen-bond acceptors (Lipinski definition) is 3. The third-order valence-electron chi connectivity index (χ3n) is 2.18. The molecule has 2 N–H and O–H groups in total. The summed E-state index contributed by atoms with van der Waals surface area (Å²) < 4.78 is 0. The minimum absolute atomic E-state index is 0.121. The molecule has 1 aromatic rings. The molecule has 0 atom stereocenters. The lowest BCUT2D eigenvalue weighted by molar-refractivity contribution is 0.0996. The van der Waals surface area contributed by atoms with Crippen LogP contribution in [0.1, 0.15) is 20.7 Å². The van der Waals surface area contributed by atoms with Gasteiger partial charge in [0.05, 0.1) is 10.6 Å². The molecule has 0 aliphatic rings. The van der Waals surface area contributed by atoms with Gasteiger partial charge < -0.3 is 5.73 Å². The molecule has 0 radical (unpaired) electrons. The van der Waals surface area contributed by atoms with Crippen LogP contribution in [-0.4, -0.2) is 18.4 Å². The summed E-state index contributed by atoms with van der Waals surface area (Å²) in [4.78, 5) is 26.6. The number of rotatable bonds is 5. The lowest BCUT2D eigenvalue weighted by Crippen LogP contribution is -2.12. The van der Waals surface area contributed by atoms with E-state index in [1.807, 2.05) is 0 Å². The average molecular weight is 263 g/mol. The maximum absolute atomic E-state index is 12.0. The first-order valence-electron chi connectivity index (χ1n) is 4.94. The Bertz CT molecular complexity index is 562. The molecular formula is C13H11ClN2O2. The van der Waals surface area contributed by atoms with E-state index in [0.717, 1.165) is 0 Å². The highest BCUT2D eigenvalue weighted by atomic mass is 35.5. The Hall–Kier alpha value is -2.20. The Morgan fingerprint density at radius 1 is 1.39 bits per heavy atom. The van der Waals surface area contributed by atoms with E-state index in [0.29, 0.717) is 5.56 Å². The zero-order valence-corrected chi connectivity index (χ0v) is 10.3. The van der Waals surface area contributed by atoms with Gasteiger partial charge in [0.25, 0.3) is 0 Å². The molecule has 0 bridgehead atoms. The molecule has 1 rings (SSSR count). The summed E-state index contributed by atoms with van der Waals surface area (Å²) >= 11 is 5.85. The fourth-order valence-electron chi connectivity index (χ4n) is 1.32. The molecule has 0 fully saturated rings. The van der Waals surface area contributed by atoms with Gasteiger partial charge in [-0.05, 0) is 24.9 Å². The number of halogens is 1. The number of ketones is 1. The summed E-state index contributed by atoms with van der Waals surface area (Å²) in [5.41, 5.74) is 5.72. The van der Waals surface area contributed by atoms with Crippen molar-refractivity contribution in [3.8, 4) is 0 Å². The molecule has 0 unspecified atom stereocenters. The summed E-state index contributed by atoms with van der Waals surface area (Å²) in [6.45, 7) is 6.78. The number of carbonyl (C=O) groups excluding carboxylic acids is 2. The number of carbonyl (C=O) groups is 2. The van der Waals surface area contributed by atoms with Crippen LogP contribution in [0.2, 0.25) is 5.02 Å². The van der Waals surface area contributed by atoms with Crippen LogP contribution in [0.5, 0.6) is 0 Å². The first-order valence-corrected chi connectivity index (χ1v) is 5.32. The molecule has 0 saturated carbocycles. The van der Waals surface area contributed by atoms with Gasteiger partial charge in [-0.1, -0.05) is 30.3 Å². The van der Waals surface area contributed by atoms with E-state index >= 15 is 0 Å². The summed E-state index contributed by atoms with van der Waals surface area (Å²) in [7, 11) is 0. The first kappa shape index (κ1) is 13.9. The number of primary amides is 1. The molecule has 0 spiro atoms. The van der Waals surface area contributed by atoms with Crippen molar-refractivity contribution in [3.63, 3.8) is 0 Å². The predicted octanol–water partition coefficient (Wildman–Crippen LogP) is 2.39. The molecule has 0 aliphatic heterocycles. The van der Waals surface area contributed by atoms with Gasteiger partial charge in [0, 0.05) is 5.56 Å². The Morgan fingerprint density at radius 3 is 2.50 bits per heavy atom. The van der Waals surface area contributed by atoms with Crippen LogP contribution >= 0.6 is 11.6 Å². The summed E-state index contributed by atoms with van der Waals surface area (Å²) in [5, 5.41) is 0.121. The van der Waals surface area contributed by atoms with Crippen molar-refractivity contribution in [2.24, 2.45) is 10.7 Å². The number of benzene rings is 1. The molecule has 0 saturated heterocycles. The highest BCUT2D eigenvalue weighted by molar-refractivity contribution is 6.34. The van der Waals surface area contributed by atoms with Crippen LogP contribution in [0.25, 0.3) is 0 Å². The summed E-state index contributed by atoms with van der Waals surface area (Å²) in [6, 6.07) is 4.22. The number of nitrogens with two attached hydrogens (primary N) is 1. The number of allylic oxidation sites excluding steroid dienone is 3. The summed E-state index contributed by atoms with van der Waals surface area (Å²) in [6.07, 6.45) is 2.87. The van der Waals surface area contributed by atoms with Crippen LogP contribution < -0.4 is 5.73 Å². The van der Waals surface area contributed by atoms with E-state index in [1.165, 1.54) is 30.4 Å². The van der Waals surface area contributed by atoms with E-state index in [1.54, 1.807) is 0 Å². The van der Waals surface area contributed by atoms with Crippen molar-refractivity contribution in [1.82, 2.24) is 0 Å². The minimum atomic E-state index is -0.650. The lowest BCUT2D eigenvalue weighted by atomic mass is 10.1. The van der Waals surface area contributed by atoms with Gasteiger partial charge in [0.1, 0.15) is 5.70 Å². The topological polar surface area (TPSA) is 72.5 Å². The van der Waals surface area contributed by atoms with Crippen molar-refractivity contribution in [3.05, 3.63) is 58.8 Å². The molecule has 1 amide bonds. The third kappa shape index (κ3) is 2.93. The van der Waals surface area contributed by atoms with Gasteiger partial charge in [-0.2, -0.15) is 0 Å². The second-order valence-electron chi connectivity index (χ2n) is 3.33. The van der Waals surface area contributed by atoms with E-state index in [2.05, 4.69) is 18.3 Å². The van der Waals surface area contributed by atoms with Gasteiger partial charge in [0.2, 0.25) is 11.7 Å². The highest BCUT2D eigenvalue weighted by Crippen LogP contribution is 2.19. The molecule has 5 heteroatoms. The number of nitrogens with zero attached hydrogens (tertiary/aromatic N) is 1. The fourth-order valence-corrected chi connectivity index (χ4v) is 1.59. The monoisotopic (exact) mass is 262 g/mol. The van der Waals surface area contributed by atoms with Crippen LogP contribution in [-0.2, 0) is 0 Å². The van der Waals surface area contributed by atoms with Crippen LogP contribution in [0.4, 0.5) is 0 Å².